The highest BCUT2D eigenvalue weighted by Crippen LogP contribution is 2.25. The maximum Gasteiger partial charge on any atom is 0.0114 e. The van der Waals surface area contributed by atoms with Crippen LogP contribution >= 0.6 is 11.3 Å². The summed E-state index contributed by atoms with van der Waals surface area (Å²) in [7, 11) is 0. The highest BCUT2D eigenvalue weighted by molar-refractivity contribution is 7.10. The van der Waals surface area contributed by atoms with Crippen LogP contribution in [0.2, 0.25) is 0 Å². The van der Waals surface area contributed by atoms with Gasteiger partial charge >= 0.3 is 0 Å². The lowest BCUT2D eigenvalue weighted by Crippen LogP contribution is -1.89. The van der Waals surface area contributed by atoms with Crippen LogP contribution in [0.15, 0.2) is 30.2 Å². The van der Waals surface area contributed by atoms with E-state index in [2.05, 4.69) is 37.1 Å². The van der Waals surface area contributed by atoms with Crippen molar-refractivity contribution in [2.75, 3.05) is 0 Å². The Labute approximate surface area is 72.6 Å². The molecular formula is C10H14S. The Morgan fingerprint density at radius 2 is 2.55 bits per heavy atom. The summed E-state index contributed by atoms with van der Waals surface area (Å²) in [6.07, 6.45) is 4.51. The predicted octanol–water partition coefficient (Wildman–Crippen LogP) is 3.82. The van der Waals surface area contributed by atoms with Crippen LogP contribution in [0.1, 0.15) is 30.6 Å². The Morgan fingerprint density at radius 1 is 1.73 bits per heavy atom. The number of rotatable bonds is 4. The number of thiophene rings is 1. The van der Waals surface area contributed by atoms with E-state index < -0.39 is 0 Å². The average molecular weight is 166 g/mol. The first-order valence-corrected chi connectivity index (χ1v) is 4.92. The molecular weight excluding hydrogens is 152 g/mol. The third kappa shape index (κ3) is 2.19. The quantitative estimate of drug-likeness (QED) is 0.596. The van der Waals surface area contributed by atoms with Gasteiger partial charge in [0.1, 0.15) is 0 Å². The van der Waals surface area contributed by atoms with Crippen LogP contribution in [0.4, 0.5) is 0 Å². The van der Waals surface area contributed by atoms with Crippen molar-refractivity contribution >= 4 is 11.3 Å². The fourth-order valence-corrected chi connectivity index (χ4v) is 2.05. The topological polar surface area (TPSA) is 0 Å². The molecule has 1 heteroatoms. The second-order valence-corrected chi connectivity index (χ2v) is 3.63. The van der Waals surface area contributed by atoms with Gasteiger partial charge in [-0.05, 0) is 17.9 Å². The zero-order valence-corrected chi connectivity index (χ0v) is 7.73. The minimum absolute atomic E-state index is 0.583. The van der Waals surface area contributed by atoms with E-state index in [1.54, 1.807) is 0 Å². The molecule has 0 bridgehead atoms. The number of hydrogen-bond donors (Lipinski definition) is 0. The smallest absolute Gasteiger partial charge is 0.0114 e. The van der Waals surface area contributed by atoms with Crippen molar-refractivity contribution in [3.05, 3.63) is 35.0 Å². The van der Waals surface area contributed by atoms with Crippen LogP contribution in [0.5, 0.6) is 0 Å². The van der Waals surface area contributed by atoms with Crippen LogP contribution in [-0.2, 0) is 0 Å². The Balaban J connectivity index is 2.63. The van der Waals surface area contributed by atoms with E-state index in [9.17, 15) is 0 Å². The van der Waals surface area contributed by atoms with E-state index in [1.807, 2.05) is 11.3 Å². The van der Waals surface area contributed by atoms with E-state index in [-0.39, 0.29) is 0 Å². The van der Waals surface area contributed by atoms with Crippen LogP contribution in [0.25, 0.3) is 0 Å². The molecule has 0 saturated heterocycles. The first kappa shape index (κ1) is 8.54. The molecule has 1 unspecified atom stereocenters. The first-order chi connectivity index (χ1) is 5.38. The van der Waals surface area contributed by atoms with Gasteiger partial charge < -0.3 is 0 Å². The second kappa shape index (κ2) is 4.35. The van der Waals surface area contributed by atoms with Gasteiger partial charge in [0.15, 0.2) is 0 Å². The SMILES string of the molecule is C=CC(CCC)c1cccs1. The van der Waals surface area contributed by atoms with Crippen molar-refractivity contribution in [3.8, 4) is 0 Å². The highest BCUT2D eigenvalue weighted by atomic mass is 32.1. The second-order valence-electron chi connectivity index (χ2n) is 2.65. The molecule has 0 radical (unpaired) electrons. The Hall–Kier alpha value is -0.560. The van der Waals surface area contributed by atoms with E-state index in [1.165, 1.54) is 17.7 Å². The van der Waals surface area contributed by atoms with E-state index in [0.717, 1.165) is 0 Å². The van der Waals surface area contributed by atoms with Gasteiger partial charge in [-0.3, -0.25) is 0 Å². The normalized spacial score (nSPS) is 12.8. The number of hydrogen-bond acceptors (Lipinski definition) is 1. The lowest BCUT2D eigenvalue weighted by molar-refractivity contribution is 0.728. The van der Waals surface area contributed by atoms with Crippen molar-refractivity contribution < 1.29 is 0 Å². The maximum atomic E-state index is 3.84. The van der Waals surface area contributed by atoms with Crippen molar-refractivity contribution in [1.29, 1.82) is 0 Å². The molecule has 0 N–H and O–H groups in total. The first-order valence-electron chi connectivity index (χ1n) is 4.04. The average Bonchev–Trinajstić information content (AvgIpc) is 2.52. The molecule has 1 rings (SSSR count). The molecule has 0 aliphatic carbocycles. The molecule has 1 aromatic rings. The van der Waals surface area contributed by atoms with Gasteiger partial charge in [0, 0.05) is 10.8 Å². The molecule has 11 heavy (non-hydrogen) atoms. The summed E-state index contributed by atoms with van der Waals surface area (Å²) >= 11 is 1.82. The maximum absolute atomic E-state index is 3.84. The fourth-order valence-electron chi connectivity index (χ4n) is 1.19. The van der Waals surface area contributed by atoms with Gasteiger partial charge in [-0.25, -0.2) is 0 Å². The third-order valence-electron chi connectivity index (χ3n) is 1.79. The van der Waals surface area contributed by atoms with Crippen LogP contribution in [0, 0.1) is 0 Å². The van der Waals surface area contributed by atoms with Gasteiger partial charge in [0.25, 0.3) is 0 Å². The van der Waals surface area contributed by atoms with Gasteiger partial charge in [0.05, 0.1) is 0 Å². The molecule has 0 fully saturated rings. The minimum atomic E-state index is 0.583. The summed E-state index contributed by atoms with van der Waals surface area (Å²) in [6.45, 7) is 6.05. The number of allylic oxidation sites excluding steroid dienone is 1. The summed E-state index contributed by atoms with van der Waals surface area (Å²) < 4.78 is 0. The molecule has 0 aliphatic heterocycles. The van der Waals surface area contributed by atoms with E-state index in [4.69, 9.17) is 0 Å². The summed E-state index contributed by atoms with van der Waals surface area (Å²) in [5.74, 6) is 0.583. The zero-order chi connectivity index (χ0) is 8.10. The molecule has 0 saturated carbocycles. The lowest BCUT2D eigenvalue weighted by atomic mass is 10.0. The zero-order valence-electron chi connectivity index (χ0n) is 6.92. The molecule has 0 amide bonds. The third-order valence-corrected chi connectivity index (χ3v) is 2.80. The lowest BCUT2D eigenvalue weighted by Gasteiger charge is -2.07. The monoisotopic (exact) mass is 166 g/mol. The van der Waals surface area contributed by atoms with Gasteiger partial charge in [-0.15, -0.1) is 17.9 Å². The van der Waals surface area contributed by atoms with E-state index >= 15 is 0 Å². The molecule has 1 aromatic heterocycles. The molecule has 1 atom stereocenters. The van der Waals surface area contributed by atoms with Crippen molar-refractivity contribution in [1.82, 2.24) is 0 Å². The van der Waals surface area contributed by atoms with Gasteiger partial charge in [-0.1, -0.05) is 25.5 Å². The molecule has 60 valence electrons. The van der Waals surface area contributed by atoms with Gasteiger partial charge in [-0.2, -0.15) is 0 Å². The minimum Gasteiger partial charge on any atom is -0.148 e. The van der Waals surface area contributed by atoms with Crippen molar-refractivity contribution in [2.24, 2.45) is 0 Å². The van der Waals surface area contributed by atoms with Gasteiger partial charge in [0.2, 0.25) is 0 Å². The summed E-state index contributed by atoms with van der Waals surface area (Å²) in [6, 6.07) is 4.29. The molecule has 0 aromatic carbocycles. The van der Waals surface area contributed by atoms with E-state index in [0.29, 0.717) is 5.92 Å². The van der Waals surface area contributed by atoms with Crippen LogP contribution in [0.3, 0.4) is 0 Å². The van der Waals surface area contributed by atoms with Crippen molar-refractivity contribution in [2.45, 2.75) is 25.7 Å². The van der Waals surface area contributed by atoms with Crippen LogP contribution < -0.4 is 0 Å². The summed E-state index contributed by atoms with van der Waals surface area (Å²) in [5.41, 5.74) is 0. The Morgan fingerprint density at radius 3 is 3.00 bits per heavy atom. The molecule has 1 heterocycles. The summed E-state index contributed by atoms with van der Waals surface area (Å²) in [5, 5.41) is 2.13. The molecule has 0 nitrogen and oxygen atoms in total. The summed E-state index contributed by atoms with van der Waals surface area (Å²) in [4.78, 5) is 1.45. The fraction of sp³-hybridized carbons (Fsp3) is 0.400. The Kier molecular flexibility index (Phi) is 3.37. The largest absolute Gasteiger partial charge is 0.148 e. The predicted molar refractivity (Wildman–Crippen MR) is 52.2 cm³/mol. The van der Waals surface area contributed by atoms with Crippen molar-refractivity contribution in [3.63, 3.8) is 0 Å². The Bertz CT molecular complexity index is 199. The standard InChI is InChI=1S/C10H14S/c1-3-6-9(4-2)10-7-5-8-11-10/h4-5,7-9H,2-3,6H2,1H3. The highest BCUT2D eigenvalue weighted by Gasteiger charge is 2.05. The van der Waals surface area contributed by atoms with Crippen LogP contribution in [-0.4, -0.2) is 0 Å². The molecule has 0 spiro atoms. The molecule has 0 aliphatic rings.